The lowest BCUT2D eigenvalue weighted by atomic mass is 9.93. The summed E-state index contributed by atoms with van der Waals surface area (Å²) in [5.74, 6) is 0.902. The molecule has 0 saturated carbocycles. The van der Waals surface area contributed by atoms with E-state index in [1.165, 1.54) is 16.7 Å². The predicted molar refractivity (Wildman–Crippen MR) is 111 cm³/mol. The van der Waals surface area contributed by atoms with Crippen LogP contribution in [0.15, 0.2) is 91.5 Å². The van der Waals surface area contributed by atoms with Crippen molar-refractivity contribution in [1.29, 1.82) is 0 Å². The molecule has 26 heavy (non-hydrogen) atoms. The van der Waals surface area contributed by atoms with E-state index in [2.05, 4.69) is 74.2 Å². The Morgan fingerprint density at radius 1 is 0.846 bits per heavy atom. The molecule has 0 aromatic heterocycles. The van der Waals surface area contributed by atoms with Crippen LogP contribution in [0.25, 0.3) is 11.1 Å². The van der Waals surface area contributed by atoms with Gasteiger partial charge in [0.2, 0.25) is 0 Å². The molecule has 130 valence electrons. The average Bonchev–Trinajstić information content (AvgIpc) is 2.70. The van der Waals surface area contributed by atoms with E-state index in [1.54, 1.807) is 7.11 Å². The van der Waals surface area contributed by atoms with Crippen LogP contribution in [-0.4, -0.2) is 7.11 Å². The van der Waals surface area contributed by atoms with Crippen molar-refractivity contribution in [2.24, 2.45) is 0 Å². The minimum atomic E-state index is 0.785. The number of ether oxygens (including phenoxy) is 1. The Morgan fingerprint density at radius 2 is 1.42 bits per heavy atom. The average molecular weight is 340 g/mol. The van der Waals surface area contributed by atoms with Crippen molar-refractivity contribution < 1.29 is 4.74 Å². The first-order chi connectivity index (χ1) is 12.7. The van der Waals surface area contributed by atoms with Crippen molar-refractivity contribution in [2.75, 3.05) is 7.11 Å². The first-order valence-electron chi connectivity index (χ1n) is 8.83. The minimum Gasteiger partial charge on any atom is -0.496 e. The molecule has 0 aliphatic carbocycles. The summed E-state index contributed by atoms with van der Waals surface area (Å²) >= 11 is 0. The Labute approximate surface area is 156 Å². The number of rotatable bonds is 6. The molecule has 0 unspecified atom stereocenters. The Morgan fingerprint density at radius 3 is 1.96 bits per heavy atom. The number of hydrogen-bond donors (Lipinski definition) is 0. The summed E-state index contributed by atoms with van der Waals surface area (Å²) in [6.07, 6.45) is 3.05. The third-order valence-electron chi connectivity index (χ3n) is 4.61. The van der Waals surface area contributed by atoms with Crippen LogP contribution in [-0.2, 0) is 0 Å². The SMILES string of the molecule is C=C(CC=C(c1ccccc1)c1ccccc1)c1cccc(OC)c1C. The fourth-order valence-electron chi connectivity index (χ4n) is 3.19. The highest BCUT2D eigenvalue weighted by atomic mass is 16.5. The van der Waals surface area contributed by atoms with E-state index in [-0.39, 0.29) is 0 Å². The molecular formula is C25H24O. The van der Waals surface area contributed by atoms with Crippen molar-refractivity contribution >= 4 is 11.1 Å². The zero-order valence-corrected chi connectivity index (χ0v) is 15.4. The molecule has 0 saturated heterocycles. The topological polar surface area (TPSA) is 9.23 Å². The second-order valence-electron chi connectivity index (χ2n) is 6.29. The van der Waals surface area contributed by atoms with E-state index in [9.17, 15) is 0 Å². The normalized spacial score (nSPS) is 10.2. The molecule has 0 aliphatic heterocycles. The Balaban J connectivity index is 1.93. The van der Waals surface area contributed by atoms with E-state index < -0.39 is 0 Å². The summed E-state index contributed by atoms with van der Waals surface area (Å²) in [4.78, 5) is 0. The molecule has 3 aromatic rings. The van der Waals surface area contributed by atoms with Gasteiger partial charge < -0.3 is 4.74 Å². The molecule has 0 amide bonds. The maximum absolute atomic E-state index is 5.44. The second-order valence-corrected chi connectivity index (χ2v) is 6.29. The molecule has 0 N–H and O–H groups in total. The fourth-order valence-corrected chi connectivity index (χ4v) is 3.19. The number of benzene rings is 3. The van der Waals surface area contributed by atoms with Crippen LogP contribution in [0.1, 0.15) is 28.7 Å². The molecule has 0 spiro atoms. The predicted octanol–water partition coefficient (Wildman–Crippen LogP) is 6.54. The smallest absolute Gasteiger partial charge is 0.122 e. The fraction of sp³-hybridized carbons (Fsp3) is 0.120. The van der Waals surface area contributed by atoms with E-state index in [0.717, 1.165) is 28.9 Å². The maximum Gasteiger partial charge on any atom is 0.122 e. The molecule has 0 aliphatic rings. The van der Waals surface area contributed by atoms with Gasteiger partial charge in [-0.2, -0.15) is 0 Å². The first kappa shape index (κ1) is 17.8. The second kappa shape index (κ2) is 8.35. The maximum atomic E-state index is 5.44. The van der Waals surface area contributed by atoms with Crippen LogP contribution in [0.3, 0.4) is 0 Å². The van der Waals surface area contributed by atoms with Crippen LogP contribution in [0, 0.1) is 6.92 Å². The molecule has 0 fully saturated rings. The summed E-state index contributed by atoms with van der Waals surface area (Å²) in [6, 6.07) is 27.1. The Bertz CT molecular complexity index is 864. The van der Waals surface area contributed by atoms with Crippen molar-refractivity contribution in [3.8, 4) is 5.75 Å². The Hall–Kier alpha value is -3.06. The van der Waals surface area contributed by atoms with Gasteiger partial charge in [-0.1, -0.05) is 85.5 Å². The number of methoxy groups -OCH3 is 1. The van der Waals surface area contributed by atoms with Crippen LogP contribution in [0.5, 0.6) is 5.75 Å². The molecule has 0 heterocycles. The lowest BCUT2D eigenvalue weighted by Gasteiger charge is -2.13. The monoisotopic (exact) mass is 340 g/mol. The molecule has 1 nitrogen and oxygen atoms in total. The number of allylic oxidation sites excluding steroid dienone is 2. The van der Waals surface area contributed by atoms with Gasteiger partial charge in [-0.15, -0.1) is 0 Å². The molecule has 0 bridgehead atoms. The zero-order valence-electron chi connectivity index (χ0n) is 15.4. The molecule has 3 rings (SSSR count). The van der Waals surface area contributed by atoms with E-state index in [4.69, 9.17) is 4.74 Å². The standard InChI is InChI=1S/C25H24O/c1-19(23-15-10-16-25(26-3)20(23)2)17-18-24(21-11-6-4-7-12-21)22-13-8-5-9-14-22/h4-16,18H,1,17H2,2-3H3. The van der Waals surface area contributed by atoms with Gasteiger partial charge in [-0.3, -0.25) is 0 Å². The first-order valence-corrected chi connectivity index (χ1v) is 8.83. The zero-order chi connectivity index (χ0) is 18.4. The highest BCUT2D eigenvalue weighted by Crippen LogP contribution is 2.30. The summed E-state index contributed by atoms with van der Waals surface area (Å²) in [5, 5.41) is 0. The van der Waals surface area contributed by atoms with Crippen molar-refractivity contribution in [3.05, 3.63) is 114 Å². The van der Waals surface area contributed by atoms with Gasteiger partial charge in [0.15, 0.2) is 0 Å². The van der Waals surface area contributed by atoms with Gasteiger partial charge in [-0.05, 0) is 52.8 Å². The lowest BCUT2D eigenvalue weighted by Crippen LogP contribution is -1.93. The third kappa shape index (κ3) is 3.94. The van der Waals surface area contributed by atoms with Crippen LogP contribution in [0.2, 0.25) is 0 Å². The summed E-state index contributed by atoms with van der Waals surface area (Å²) in [7, 11) is 1.71. The van der Waals surface area contributed by atoms with E-state index in [0.29, 0.717) is 0 Å². The van der Waals surface area contributed by atoms with Gasteiger partial charge in [-0.25, -0.2) is 0 Å². The highest BCUT2D eigenvalue weighted by molar-refractivity contribution is 5.81. The van der Waals surface area contributed by atoms with Crippen molar-refractivity contribution in [2.45, 2.75) is 13.3 Å². The van der Waals surface area contributed by atoms with Crippen molar-refractivity contribution in [3.63, 3.8) is 0 Å². The van der Waals surface area contributed by atoms with Crippen LogP contribution >= 0.6 is 0 Å². The van der Waals surface area contributed by atoms with Crippen LogP contribution < -0.4 is 4.74 Å². The quantitative estimate of drug-likeness (QED) is 0.495. The lowest BCUT2D eigenvalue weighted by molar-refractivity contribution is 0.411. The number of hydrogen-bond acceptors (Lipinski definition) is 1. The largest absolute Gasteiger partial charge is 0.496 e. The van der Waals surface area contributed by atoms with Crippen LogP contribution in [0.4, 0.5) is 0 Å². The molecule has 3 aromatic carbocycles. The third-order valence-corrected chi connectivity index (χ3v) is 4.61. The summed E-state index contributed by atoms with van der Waals surface area (Å²) < 4.78 is 5.44. The summed E-state index contributed by atoms with van der Waals surface area (Å²) in [6.45, 7) is 6.40. The van der Waals surface area contributed by atoms with Crippen molar-refractivity contribution in [1.82, 2.24) is 0 Å². The minimum absolute atomic E-state index is 0.785. The summed E-state index contributed by atoms with van der Waals surface area (Å²) in [5.41, 5.74) is 7.04. The molecule has 0 atom stereocenters. The van der Waals surface area contributed by atoms with Gasteiger partial charge in [0.1, 0.15) is 5.75 Å². The van der Waals surface area contributed by atoms with Gasteiger partial charge >= 0.3 is 0 Å². The highest BCUT2D eigenvalue weighted by Gasteiger charge is 2.08. The van der Waals surface area contributed by atoms with Gasteiger partial charge in [0.25, 0.3) is 0 Å². The molecule has 0 radical (unpaired) electrons. The van der Waals surface area contributed by atoms with E-state index >= 15 is 0 Å². The van der Waals surface area contributed by atoms with Gasteiger partial charge in [0, 0.05) is 0 Å². The Kier molecular flexibility index (Phi) is 5.70. The molecular weight excluding hydrogens is 316 g/mol. The van der Waals surface area contributed by atoms with Gasteiger partial charge in [0.05, 0.1) is 7.11 Å². The van der Waals surface area contributed by atoms with E-state index in [1.807, 2.05) is 24.3 Å². The molecule has 1 heteroatoms.